The number of benzene rings is 2. The third kappa shape index (κ3) is 2.97. The molecule has 0 aliphatic rings. The first-order valence-electron chi connectivity index (χ1n) is 6.50. The average Bonchev–Trinajstić information content (AvgIpc) is 2.79. The van der Waals surface area contributed by atoms with E-state index in [9.17, 15) is 0 Å². The molecule has 0 aliphatic carbocycles. The predicted octanol–water partition coefficient (Wildman–Crippen LogP) is 5.22. The third-order valence-electron chi connectivity index (χ3n) is 3.50. The van der Waals surface area contributed by atoms with Gasteiger partial charge in [0.15, 0.2) is 0 Å². The molecule has 0 spiro atoms. The molecule has 0 fully saturated rings. The van der Waals surface area contributed by atoms with E-state index in [-0.39, 0.29) is 0 Å². The highest BCUT2D eigenvalue weighted by atomic mass is 79.9. The Balaban J connectivity index is 2.09. The Bertz CT molecular complexity index is 811. The van der Waals surface area contributed by atoms with Crippen LogP contribution in [-0.4, -0.2) is 4.57 Å². The van der Waals surface area contributed by atoms with Gasteiger partial charge in [0.05, 0.1) is 5.52 Å². The molecule has 2 nitrogen and oxygen atoms in total. The summed E-state index contributed by atoms with van der Waals surface area (Å²) in [5.74, 6) is 0. The molecule has 108 valence electrons. The Morgan fingerprint density at radius 2 is 1.86 bits per heavy atom. The fraction of sp³-hybridized carbons (Fsp3) is 0.125. The molecule has 0 bridgehead atoms. The number of hydrogen-bond donors (Lipinski definition) is 1. The molecule has 2 aromatic carbocycles. The second kappa shape index (κ2) is 6.01. The van der Waals surface area contributed by atoms with Gasteiger partial charge >= 0.3 is 0 Å². The molecular weight excluding hydrogens is 371 g/mol. The number of nitrogens with zero attached hydrogens (tertiary/aromatic N) is 1. The standard InChI is InChI=1S/C16H13BrCl2N2/c17-12-2-1-10(15(19)5-12)8-21-9-11(7-20)14-4-3-13(18)6-16(14)21/h1-6,9H,7-8,20H2. The van der Waals surface area contributed by atoms with Crippen LogP contribution in [0.15, 0.2) is 47.1 Å². The molecular formula is C16H13BrCl2N2. The van der Waals surface area contributed by atoms with E-state index in [1.165, 1.54) is 0 Å². The van der Waals surface area contributed by atoms with Crippen molar-refractivity contribution < 1.29 is 0 Å². The molecule has 0 unspecified atom stereocenters. The van der Waals surface area contributed by atoms with Gasteiger partial charge in [-0.2, -0.15) is 0 Å². The van der Waals surface area contributed by atoms with Gasteiger partial charge < -0.3 is 10.3 Å². The zero-order chi connectivity index (χ0) is 15.0. The Morgan fingerprint density at radius 3 is 2.57 bits per heavy atom. The van der Waals surface area contributed by atoms with Crippen LogP contribution in [0.3, 0.4) is 0 Å². The average molecular weight is 384 g/mol. The number of aromatic nitrogens is 1. The fourth-order valence-electron chi connectivity index (χ4n) is 2.47. The van der Waals surface area contributed by atoms with Crippen LogP contribution in [0.25, 0.3) is 10.9 Å². The Morgan fingerprint density at radius 1 is 1.05 bits per heavy atom. The van der Waals surface area contributed by atoms with Gasteiger partial charge in [0.2, 0.25) is 0 Å². The van der Waals surface area contributed by atoms with Crippen LogP contribution in [0.1, 0.15) is 11.1 Å². The largest absolute Gasteiger partial charge is 0.343 e. The van der Waals surface area contributed by atoms with Crippen molar-refractivity contribution in [1.29, 1.82) is 0 Å². The van der Waals surface area contributed by atoms with Gasteiger partial charge in [0.1, 0.15) is 0 Å². The van der Waals surface area contributed by atoms with Gasteiger partial charge in [-0.3, -0.25) is 0 Å². The monoisotopic (exact) mass is 382 g/mol. The SMILES string of the molecule is NCc1cn(Cc2ccc(Br)cc2Cl)c2cc(Cl)ccc12. The van der Waals surface area contributed by atoms with Gasteiger partial charge in [0, 0.05) is 39.2 Å². The van der Waals surface area contributed by atoms with E-state index >= 15 is 0 Å². The van der Waals surface area contributed by atoms with Crippen molar-refractivity contribution in [3.05, 3.63) is 68.2 Å². The second-order valence-corrected chi connectivity index (χ2v) is 6.64. The lowest BCUT2D eigenvalue weighted by Crippen LogP contribution is -1.99. The van der Waals surface area contributed by atoms with Crippen molar-refractivity contribution in [2.75, 3.05) is 0 Å². The van der Waals surface area contributed by atoms with Crippen LogP contribution in [0.2, 0.25) is 10.0 Å². The van der Waals surface area contributed by atoms with Crippen molar-refractivity contribution in [2.24, 2.45) is 5.73 Å². The summed E-state index contributed by atoms with van der Waals surface area (Å²) >= 11 is 15.9. The summed E-state index contributed by atoms with van der Waals surface area (Å²) in [6.45, 7) is 1.18. The maximum Gasteiger partial charge on any atom is 0.0501 e. The zero-order valence-electron chi connectivity index (χ0n) is 11.1. The molecule has 0 atom stereocenters. The van der Waals surface area contributed by atoms with Gasteiger partial charge in [-0.15, -0.1) is 0 Å². The van der Waals surface area contributed by atoms with E-state index in [2.05, 4.69) is 26.7 Å². The molecule has 0 saturated carbocycles. The summed E-state index contributed by atoms with van der Waals surface area (Å²) in [6.07, 6.45) is 2.07. The first-order chi connectivity index (χ1) is 10.1. The van der Waals surface area contributed by atoms with Crippen LogP contribution in [0.4, 0.5) is 0 Å². The van der Waals surface area contributed by atoms with Gasteiger partial charge in [-0.25, -0.2) is 0 Å². The van der Waals surface area contributed by atoms with Crippen LogP contribution < -0.4 is 5.73 Å². The molecule has 0 saturated heterocycles. The quantitative estimate of drug-likeness (QED) is 0.660. The Labute approximate surface area is 141 Å². The van der Waals surface area contributed by atoms with E-state index < -0.39 is 0 Å². The molecule has 2 N–H and O–H groups in total. The molecule has 1 aromatic heterocycles. The summed E-state index contributed by atoms with van der Waals surface area (Å²) in [7, 11) is 0. The zero-order valence-corrected chi connectivity index (χ0v) is 14.2. The number of nitrogens with two attached hydrogens (primary N) is 1. The minimum Gasteiger partial charge on any atom is -0.343 e. The molecule has 0 aliphatic heterocycles. The molecule has 3 aromatic rings. The highest BCUT2D eigenvalue weighted by molar-refractivity contribution is 9.10. The lowest BCUT2D eigenvalue weighted by molar-refractivity contribution is 0.829. The number of hydrogen-bond acceptors (Lipinski definition) is 1. The molecule has 1 heterocycles. The normalized spacial score (nSPS) is 11.2. The van der Waals surface area contributed by atoms with E-state index in [1.54, 1.807) is 0 Å². The van der Waals surface area contributed by atoms with Crippen molar-refractivity contribution in [3.8, 4) is 0 Å². The van der Waals surface area contributed by atoms with E-state index in [0.29, 0.717) is 18.1 Å². The number of fused-ring (bicyclic) bond motifs is 1. The minimum absolute atomic E-state index is 0.499. The predicted molar refractivity (Wildman–Crippen MR) is 93.1 cm³/mol. The van der Waals surface area contributed by atoms with Crippen LogP contribution in [-0.2, 0) is 13.1 Å². The van der Waals surface area contributed by atoms with Crippen LogP contribution >= 0.6 is 39.1 Å². The maximum atomic E-state index is 6.31. The fourth-order valence-corrected chi connectivity index (χ4v) is 3.37. The molecule has 0 amide bonds. The first kappa shape index (κ1) is 14.9. The topological polar surface area (TPSA) is 30.9 Å². The molecule has 0 radical (unpaired) electrons. The number of halogens is 3. The summed E-state index contributed by atoms with van der Waals surface area (Å²) in [5, 5.41) is 2.59. The van der Waals surface area contributed by atoms with Gasteiger partial charge in [-0.1, -0.05) is 51.3 Å². The van der Waals surface area contributed by atoms with Crippen LogP contribution in [0, 0.1) is 0 Å². The van der Waals surface area contributed by atoms with Crippen molar-refractivity contribution >= 4 is 50.0 Å². The van der Waals surface area contributed by atoms with Gasteiger partial charge in [-0.05, 0) is 35.4 Å². The lowest BCUT2D eigenvalue weighted by atomic mass is 10.2. The highest BCUT2D eigenvalue weighted by Gasteiger charge is 2.10. The Kier molecular flexibility index (Phi) is 4.27. The maximum absolute atomic E-state index is 6.31. The van der Waals surface area contributed by atoms with Crippen molar-refractivity contribution in [2.45, 2.75) is 13.1 Å². The van der Waals surface area contributed by atoms with Crippen LogP contribution in [0.5, 0.6) is 0 Å². The number of rotatable bonds is 3. The smallest absolute Gasteiger partial charge is 0.0501 e. The first-order valence-corrected chi connectivity index (χ1v) is 8.04. The van der Waals surface area contributed by atoms with E-state index in [1.807, 2.05) is 36.4 Å². The summed E-state index contributed by atoms with van der Waals surface area (Å²) in [4.78, 5) is 0. The second-order valence-electron chi connectivity index (χ2n) is 4.88. The van der Waals surface area contributed by atoms with E-state index in [4.69, 9.17) is 28.9 Å². The molecule has 5 heteroatoms. The summed E-state index contributed by atoms with van der Waals surface area (Å²) in [6, 6.07) is 11.8. The van der Waals surface area contributed by atoms with E-state index in [0.717, 1.165) is 31.5 Å². The Hall–Kier alpha value is -1.00. The van der Waals surface area contributed by atoms with Crippen molar-refractivity contribution in [1.82, 2.24) is 4.57 Å². The van der Waals surface area contributed by atoms with Crippen molar-refractivity contribution in [3.63, 3.8) is 0 Å². The molecule has 21 heavy (non-hydrogen) atoms. The summed E-state index contributed by atoms with van der Waals surface area (Å²) < 4.78 is 3.11. The minimum atomic E-state index is 0.499. The lowest BCUT2D eigenvalue weighted by Gasteiger charge is -2.08. The molecule has 3 rings (SSSR count). The summed E-state index contributed by atoms with van der Waals surface area (Å²) in [5.41, 5.74) is 9.07. The highest BCUT2D eigenvalue weighted by Crippen LogP contribution is 2.28. The third-order valence-corrected chi connectivity index (χ3v) is 4.58. The van der Waals surface area contributed by atoms with Gasteiger partial charge in [0.25, 0.3) is 0 Å².